The van der Waals surface area contributed by atoms with E-state index in [-0.39, 0.29) is 11.3 Å². The van der Waals surface area contributed by atoms with Crippen molar-refractivity contribution < 1.29 is 5.11 Å². The first-order valence-electron chi connectivity index (χ1n) is 4.58. The highest BCUT2D eigenvalue weighted by Gasteiger charge is 2.00. The zero-order valence-corrected chi connectivity index (χ0v) is 8.24. The van der Waals surface area contributed by atoms with Gasteiger partial charge in [-0.2, -0.15) is 0 Å². The maximum Gasteiger partial charge on any atom is 0.256 e. The van der Waals surface area contributed by atoms with Crippen LogP contribution in [0.25, 0.3) is 10.8 Å². The first-order valence-corrected chi connectivity index (χ1v) is 4.58. The molecule has 0 aliphatic heterocycles. The van der Waals surface area contributed by atoms with Gasteiger partial charge in [-0.15, -0.1) is 0 Å². The average molecular weight is 191 g/mol. The minimum atomic E-state index is -0.177. The Kier molecular flexibility index (Phi) is 3.29. The Morgan fingerprint density at radius 2 is 1.71 bits per heavy atom. The minimum absolute atomic E-state index is 0.102. The summed E-state index contributed by atoms with van der Waals surface area (Å²) in [5.74, 6) is 0.102. The minimum Gasteiger partial charge on any atom is -0.506 e. The van der Waals surface area contributed by atoms with E-state index in [1.54, 1.807) is 24.3 Å². The van der Waals surface area contributed by atoms with Crippen molar-refractivity contribution in [3.8, 4) is 5.75 Å². The number of aromatic nitrogens is 1. The molecule has 0 fully saturated rings. The second-order valence-electron chi connectivity index (χ2n) is 2.55. The number of aromatic amines is 1. The van der Waals surface area contributed by atoms with Crippen LogP contribution < -0.4 is 5.56 Å². The van der Waals surface area contributed by atoms with E-state index in [0.717, 1.165) is 0 Å². The summed E-state index contributed by atoms with van der Waals surface area (Å²) in [6.45, 7) is 4.00. The highest BCUT2D eigenvalue weighted by Crippen LogP contribution is 2.18. The van der Waals surface area contributed by atoms with Crippen molar-refractivity contribution in [1.82, 2.24) is 4.98 Å². The standard InChI is InChI=1S/C9H7NO2.C2H6/c11-8-5-10-9(12)7-4-2-1-3-6(7)8;1-2/h1-5,11H,(H,10,12);1-2H3. The van der Waals surface area contributed by atoms with Crippen molar-refractivity contribution in [2.45, 2.75) is 13.8 Å². The number of pyridine rings is 1. The molecular formula is C11H13NO2. The van der Waals surface area contributed by atoms with Gasteiger partial charge >= 0.3 is 0 Å². The Morgan fingerprint density at radius 1 is 1.14 bits per heavy atom. The first-order chi connectivity index (χ1) is 6.79. The molecule has 3 heteroatoms. The number of aromatic hydroxyl groups is 1. The quantitative estimate of drug-likeness (QED) is 0.671. The number of rotatable bonds is 0. The highest BCUT2D eigenvalue weighted by atomic mass is 16.3. The summed E-state index contributed by atoms with van der Waals surface area (Å²) < 4.78 is 0. The summed E-state index contributed by atoms with van der Waals surface area (Å²) in [5, 5.41) is 10.4. The van der Waals surface area contributed by atoms with Crippen molar-refractivity contribution in [1.29, 1.82) is 0 Å². The van der Waals surface area contributed by atoms with Crippen LogP contribution in [0.4, 0.5) is 0 Å². The fraction of sp³-hybridized carbons (Fsp3) is 0.182. The monoisotopic (exact) mass is 191 g/mol. The lowest BCUT2D eigenvalue weighted by atomic mass is 10.2. The lowest BCUT2D eigenvalue weighted by Gasteiger charge is -1.97. The van der Waals surface area contributed by atoms with E-state index >= 15 is 0 Å². The van der Waals surface area contributed by atoms with Gasteiger partial charge in [0.25, 0.3) is 5.56 Å². The fourth-order valence-corrected chi connectivity index (χ4v) is 1.19. The van der Waals surface area contributed by atoms with Crippen molar-refractivity contribution in [3.63, 3.8) is 0 Å². The predicted octanol–water partition coefficient (Wildman–Crippen LogP) is 2.26. The number of nitrogens with one attached hydrogen (secondary N) is 1. The van der Waals surface area contributed by atoms with Crippen LogP contribution in [0.1, 0.15) is 13.8 Å². The Balaban J connectivity index is 0.000000461. The summed E-state index contributed by atoms with van der Waals surface area (Å²) >= 11 is 0. The lowest BCUT2D eigenvalue weighted by molar-refractivity contribution is 0.479. The maximum atomic E-state index is 11.2. The van der Waals surface area contributed by atoms with Crippen molar-refractivity contribution in [2.24, 2.45) is 0 Å². The molecule has 0 amide bonds. The highest BCUT2D eigenvalue weighted by molar-refractivity contribution is 5.86. The van der Waals surface area contributed by atoms with Crippen molar-refractivity contribution >= 4 is 10.8 Å². The topological polar surface area (TPSA) is 53.1 Å². The second kappa shape index (κ2) is 4.46. The van der Waals surface area contributed by atoms with Gasteiger partial charge in [-0.1, -0.05) is 32.0 Å². The summed E-state index contributed by atoms with van der Waals surface area (Å²) in [6, 6.07) is 6.92. The van der Waals surface area contributed by atoms with Gasteiger partial charge < -0.3 is 10.1 Å². The summed E-state index contributed by atoms with van der Waals surface area (Å²) in [7, 11) is 0. The zero-order valence-electron chi connectivity index (χ0n) is 8.24. The van der Waals surface area contributed by atoms with E-state index in [0.29, 0.717) is 10.8 Å². The molecule has 0 saturated heterocycles. The van der Waals surface area contributed by atoms with Gasteiger partial charge in [-0.3, -0.25) is 4.79 Å². The fourth-order valence-electron chi connectivity index (χ4n) is 1.19. The third kappa shape index (κ3) is 1.76. The molecule has 1 aromatic carbocycles. The number of H-pyrrole nitrogens is 1. The molecule has 0 atom stereocenters. The molecule has 3 nitrogen and oxygen atoms in total. The normalized spacial score (nSPS) is 9.29. The molecule has 0 saturated carbocycles. The molecule has 2 N–H and O–H groups in total. The van der Waals surface area contributed by atoms with Crippen LogP contribution in [-0.4, -0.2) is 10.1 Å². The van der Waals surface area contributed by atoms with Gasteiger partial charge in [-0.25, -0.2) is 0 Å². The molecule has 2 aromatic rings. The van der Waals surface area contributed by atoms with E-state index in [9.17, 15) is 9.90 Å². The van der Waals surface area contributed by atoms with Crippen molar-refractivity contribution in [3.05, 3.63) is 40.8 Å². The number of fused-ring (bicyclic) bond motifs is 1. The molecular weight excluding hydrogens is 178 g/mol. The molecule has 74 valence electrons. The molecule has 0 spiro atoms. The lowest BCUT2D eigenvalue weighted by Crippen LogP contribution is -2.03. The van der Waals surface area contributed by atoms with Gasteiger partial charge in [0.15, 0.2) is 0 Å². The predicted molar refractivity (Wildman–Crippen MR) is 57.6 cm³/mol. The zero-order chi connectivity index (χ0) is 10.6. The largest absolute Gasteiger partial charge is 0.506 e. The Morgan fingerprint density at radius 3 is 2.29 bits per heavy atom. The van der Waals surface area contributed by atoms with E-state index < -0.39 is 0 Å². The molecule has 0 unspecified atom stereocenters. The summed E-state index contributed by atoms with van der Waals surface area (Å²) in [4.78, 5) is 13.6. The summed E-state index contributed by atoms with van der Waals surface area (Å²) in [6.07, 6.45) is 1.30. The third-order valence-electron chi connectivity index (χ3n) is 1.79. The molecule has 1 heterocycles. The van der Waals surface area contributed by atoms with Gasteiger partial charge in [0.05, 0.1) is 5.39 Å². The second-order valence-corrected chi connectivity index (χ2v) is 2.55. The van der Waals surface area contributed by atoms with Crippen LogP contribution in [0.2, 0.25) is 0 Å². The van der Waals surface area contributed by atoms with E-state index in [1.807, 2.05) is 13.8 Å². The maximum absolute atomic E-state index is 11.2. The SMILES string of the molecule is CC.O=c1[nH]cc(O)c2ccccc12. The Labute approximate surface area is 82.0 Å². The Hall–Kier alpha value is -1.77. The smallest absolute Gasteiger partial charge is 0.256 e. The van der Waals surface area contributed by atoms with E-state index in [4.69, 9.17) is 0 Å². The van der Waals surface area contributed by atoms with Gasteiger partial charge in [0, 0.05) is 11.6 Å². The molecule has 0 aliphatic rings. The molecule has 1 aromatic heterocycles. The van der Waals surface area contributed by atoms with Crippen LogP contribution in [0.5, 0.6) is 5.75 Å². The van der Waals surface area contributed by atoms with Crippen LogP contribution >= 0.6 is 0 Å². The number of hydrogen-bond donors (Lipinski definition) is 2. The van der Waals surface area contributed by atoms with Crippen LogP contribution in [0.3, 0.4) is 0 Å². The number of hydrogen-bond acceptors (Lipinski definition) is 2. The van der Waals surface area contributed by atoms with Gasteiger partial charge in [0.1, 0.15) is 5.75 Å². The first kappa shape index (κ1) is 10.3. The average Bonchev–Trinajstić information content (AvgIpc) is 2.27. The van der Waals surface area contributed by atoms with Crippen molar-refractivity contribution in [2.75, 3.05) is 0 Å². The van der Waals surface area contributed by atoms with Crippen LogP contribution in [0, 0.1) is 0 Å². The van der Waals surface area contributed by atoms with E-state index in [1.165, 1.54) is 6.20 Å². The third-order valence-corrected chi connectivity index (χ3v) is 1.79. The molecule has 2 rings (SSSR count). The van der Waals surface area contributed by atoms with Gasteiger partial charge in [-0.05, 0) is 6.07 Å². The van der Waals surface area contributed by atoms with E-state index in [2.05, 4.69) is 4.98 Å². The Bertz CT molecular complexity index is 474. The van der Waals surface area contributed by atoms with Gasteiger partial charge in [0.2, 0.25) is 0 Å². The van der Waals surface area contributed by atoms with Crippen LogP contribution in [0.15, 0.2) is 35.3 Å². The van der Waals surface area contributed by atoms with Crippen LogP contribution in [-0.2, 0) is 0 Å². The number of benzene rings is 1. The molecule has 0 bridgehead atoms. The molecule has 0 radical (unpaired) electrons. The molecule has 14 heavy (non-hydrogen) atoms. The summed E-state index contributed by atoms with van der Waals surface area (Å²) in [5.41, 5.74) is -0.177. The molecule has 0 aliphatic carbocycles.